The van der Waals surface area contributed by atoms with E-state index in [1.54, 1.807) is 6.20 Å². The van der Waals surface area contributed by atoms with E-state index < -0.39 is 0 Å². The normalized spacial score (nSPS) is 11.0. The van der Waals surface area contributed by atoms with Crippen molar-refractivity contribution in [2.75, 3.05) is 36.6 Å². The lowest BCUT2D eigenvalue weighted by Crippen LogP contribution is -2.19. The largest absolute Gasteiger partial charge is 0.324 e. The molecule has 9 heteroatoms. The first-order valence-electron chi connectivity index (χ1n) is 14.1. The van der Waals surface area contributed by atoms with Crippen molar-refractivity contribution in [1.29, 1.82) is 0 Å². The monoisotopic (exact) mass is 568 g/mol. The van der Waals surface area contributed by atoms with Crippen molar-refractivity contribution in [3.05, 3.63) is 121 Å². The Bertz CT molecular complexity index is 1870. The molecule has 0 aliphatic rings. The van der Waals surface area contributed by atoms with Crippen molar-refractivity contribution < 1.29 is 4.79 Å². The third-order valence-corrected chi connectivity index (χ3v) is 6.88. The number of rotatable bonds is 9. The van der Waals surface area contributed by atoms with Crippen LogP contribution in [0.1, 0.15) is 5.56 Å². The number of imidazole rings is 1. The summed E-state index contributed by atoms with van der Waals surface area (Å²) in [7, 11) is 4.15. The fourth-order valence-corrected chi connectivity index (χ4v) is 4.84. The predicted molar refractivity (Wildman–Crippen MR) is 173 cm³/mol. The number of hydrogen-bond acceptors (Lipinski definition) is 6. The Hall–Kier alpha value is -5.54. The quantitative estimate of drug-likeness (QED) is 0.175. The number of nitrogens with one attached hydrogen (secondary N) is 3. The van der Waals surface area contributed by atoms with Crippen LogP contribution in [0.3, 0.4) is 0 Å². The smallest absolute Gasteiger partial charge is 0.323 e. The Morgan fingerprint density at radius 1 is 0.791 bits per heavy atom. The van der Waals surface area contributed by atoms with E-state index in [1.807, 2.05) is 102 Å². The zero-order valence-electron chi connectivity index (χ0n) is 24.0. The summed E-state index contributed by atoms with van der Waals surface area (Å²) in [5.74, 6) is 0.493. The number of para-hydroxylation sites is 1. The van der Waals surface area contributed by atoms with Crippen LogP contribution >= 0.6 is 0 Å². The maximum atomic E-state index is 12.7. The molecular weight excluding hydrogens is 536 g/mol. The van der Waals surface area contributed by atoms with Gasteiger partial charge < -0.3 is 20.9 Å². The molecule has 3 aromatic heterocycles. The van der Waals surface area contributed by atoms with Crippen LogP contribution < -0.4 is 16.0 Å². The van der Waals surface area contributed by atoms with E-state index in [9.17, 15) is 4.79 Å². The first kappa shape index (κ1) is 27.6. The topological polar surface area (TPSA) is 99.5 Å². The van der Waals surface area contributed by atoms with Gasteiger partial charge in [-0.25, -0.2) is 19.7 Å². The molecule has 0 saturated heterocycles. The molecule has 0 saturated carbocycles. The lowest BCUT2D eigenvalue weighted by atomic mass is 10.1. The van der Waals surface area contributed by atoms with Gasteiger partial charge in [0.25, 0.3) is 0 Å². The first-order chi connectivity index (χ1) is 21.0. The molecule has 6 rings (SSSR count). The average molecular weight is 569 g/mol. The number of benzene rings is 3. The van der Waals surface area contributed by atoms with E-state index in [0.717, 1.165) is 46.9 Å². The molecule has 0 radical (unpaired) electrons. The minimum Gasteiger partial charge on any atom is -0.324 e. The van der Waals surface area contributed by atoms with Gasteiger partial charge in [-0.2, -0.15) is 0 Å². The van der Waals surface area contributed by atoms with Crippen LogP contribution in [0.15, 0.2) is 116 Å². The van der Waals surface area contributed by atoms with Gasteiger partial charge in [-0.15, -0.1) is 0 Å². The average Bonchev–Trinajstić information content (AvgIpc) is 3.41. The summed E-state index contributed by atoms with van der Waals surface area (Å²) in [5, 5.41) is 9.15. The second-order valence-electron chi connectivity index (χ2n) is 10.4. The number of hydrogen-bond donors (Lipinski definition) is 3. The number of likely N-dealkylation sites (N-methyl/N-ethyl adjacent to an activating group) is 1. The number of amides is 2. The maximum absolute atomic E-state index is 12.7. The Morgan fingerprint density at radius 3 is 2.42 bits per heavy atom. The van der Waals surface area contributed by atoms with Crippen molar-refractivity contribution in [3.63, 3.8) is 0 Å². The van der Waals surface area contributed by atoms with Crippen LogP contribution in [0.5, 0.6) is 0 Å². The lowest BCUT2D eigenvalue weighted by molar-refractivity contribution is 0.262. The molecule has 214 valence electrons. The molecule has 0 aliphatic heterocycles. The third kappa shape index (κ3) is 6.69. The van der Waals surface area contributed by atoms with Gasteiger partial charge in [-0.1, -0.05) is 48.5 Å². The van der Waals surface area contributed by atoms with Crippen LogP contribution in [-0.2, 0) is 6.42 Å². The molecule has 9 nitrogen and oxygen atoms in total. The number of carbonyl (C=O) groups is 1. The highest BCUT2D eigenvalue weighted by molar-refractivity contribution is 6.00. The Kier molecular flexibility index (Phi) is 8.06. The Morgan fingerprint density at radius 2 is 1.56 bits per heavy atom. The molecule has 3 heterocycles. The zero-order chi connectivity index (χ0) is 29.6. The summed E-state index contributed by atoms with van der Waals surface area (Å²) in [6.07, 6.45) is 4.68. The van der Waals surface area contributed by atoms with Gasteiger partial charge in [0.05, 0.1) is 17.1 Å². The summed E-state index contributed by atoms with van der Waals surface area (Å²) in [4.78, 5) is 29.2. The minimum atomic E-state index is -0.323. The van der Waals surface area contributed by atoms with Crippen LogP contribution in [0.4, 0.5) is 27.8 Å². The van der Waals surface area contributed by atoms with Crippen LogP contribution in [0, 0.1) is 0 Å². The number of fused-ring (bicyclic) bond motifs is 1. The second-order valence-corrected chi connectivity index (χ2v) is 10.4. The molecule has 0 spiro atoms. The van der Waals surface area contributed by atoms with E-state index in [-0.39, 0.29) is 6.03 Å². The van der Waals surface area contributed by atoms with E-state index in [4.69, 9.17) is 9.97 Å². The van der Waals surface area contributed by atoms with Crippen molar-refractivity contribution in [2.45, 2.75) is 6.42 Å². The van der Waals surface area contributed by atoms with Gasteiger partial charge in [0, 0.05) is 41.6 Å². The van der Waals surface area contributed by atoms with Gasteiger partial charge in [0.1, 0.15) is 5.65 Å². The Balaban J connectivity index is 1.30. The summed E-state index contributed by atoms with van der Waals surface area (Å²) < 4.78 is 2.02. The molecule has 0 aliphatic carbocycles. The summed E-state index contributed by atoms with van der Waals surface area (Å²) in [6.45, 7) is 0.973. The number of aromatic nitrogens is 4. The first-order valence-corrected chi connectivity index (χ1v) is 14.1. The summed E-state index contributed by atoms with van der Waals surface area (Å²) in [5.41, 5.74) is 7.45. The summed E-state index contributed by atoms with van der Waals surface area (Å²) in [6, 6.07) is 32.7. The highest BCUT2D eigenvalue weighted by atomic mass is 16.2. The molecule has 3 N–H and O–H groups in total. The van der Waals surface area contributed by atoms with Crippen molar-refractivity contribution >= 4 is 34.7 Å². The number of anilines is 4. The Labute approximate surface area is 250 Å². The molecular formula is C34H32N8O. The van der Waals surface area contributed by atoms with Gasteiger partial charge >= 0.3 is 6.03 Å². The fraction of sp³-hybridized carbons (Fsp3) is 0.118. The molecule has 0 unspecified atom stereocenters. The van der Waals surface area contributed by atoms with Crippen LogP contribution in [0.2, 0.25) is 0 Å². The van der Waals surface area contributed by atoms with E-state index in [1.165, 1.54) is 5.56 Å². The number of urea groups is 1. The standard InChI is InChI=1S/C34H32N8O/c1-41(2)21-18-24-10-8-14-27(22-24)36-33-35-19-17-29(39-33)32-31(40-30-16-6-7-20-42(30)32)25-11-9-15-28(23-25)38-34(43)37-26-12-4-3-5-13-26/h3-17,19-20,22-23H,18,21H2,1-2H3,(H,35,36,39)(H2,37,38,43). The molecule has 0 bridgehead atoms. The molecule has 0 fully saturated rings. The van der Waals surface area contributed by atoms with Gasteiger partial charge in [0.2, 0.25) is 5.95 Å². The number of carbonyl (C=O) groups excluding carboxylic acids is 1. The van der Waals surface area contributed by atoms with Crippen molar-refractivity contribution in [2.24, 2.45) is 0 Å². The highest BCUT2D eigenvalue weighted by Gasteiger charge is 2.18. The fourth-order valence-electron chi connectivity index (χ4n) is 4.84. The van der Waals surface area contributed by atoms with Crippen molar-refractivity contribution in [1.82, 2.24) is 24.3 Å². The van der Waals surface area contributed by atoms with Gasteiger partial charge in [0.15, 0.2) is 0 Å². The van der Waals surface area contributed by atoms with E-state index in [0.29, 0.717) is 17.3 Å². The number of pyridine rings is 1. The molecule has 3 aromatic carbocycles. The summed E-state index contributed by atoms with van der Waals surface area (Å²) >= 11 is 0. The SMILES string of the molecule is CN(C)CCc1cccc(Nc2nccc(-c3c(-c4cccc(NC(=O)Nc5ccccc5)c4)nc4ccccn34)n2)c1. The lowest BCUT2D eigenvalue weighted by Gasteiger charge is -2.12. The molecule has 6 aromatic rings. The third-order valence-electron chi connectivity index (χ3n) is 6.88. The maximum Gasteiger partial charge on any atom is 0.323 e. The highest BCUT2D eigenvalue weighted by Crippen LogP contribution is 2.33. The van der Waals surface area contributed by atoms with Gasteiger partial charge in [-0.3, -0.25) is 4.40 Å². The van der Waals surface area contributed by atoms with Crippen LogP contribution in [0.25, 0.3) is 28.3 Å². The molecule has 43 heavy (non-hydrogen) atoms. The zero-order valence-corrected chi connectivity index (χ0v) is 24.0. The van der Waals surface area contributed by atoms with Crippen molar-refractivity contribution in [3.8, 4) is 22.6 Å². The molecule has 0 atom stereocenters. The second kappa shape index (κ2) is 12.5. The van der Waals surface area contributed by atoms with Gasteiger partial charge in [-0.05, 0) is 80.7 Å². The van der Waals surface area contributed by atoms with Crippen LogP contribution in [-0.4, -0.2) is 50.9 Å². The predicted octanol–water partition coefficient (Wildman–Crippen LogP) is 6.95. The van der Waals surface area contributed by atoms with E-state index in [2.05, 4.69) is 52.1 Å². The minimum absolute atomic E-state index is 0.323. The van der Waals surface area contributed by atoms with E-state index >= 15 is 0 Å². The number of nitrogens with zero attached hydrogens (tertiary/aromatic N) is 5. The molecule has 2 amide bonds.